The molecule has 0 saturated carbocycles. The standard InChI is InChI=1S/C3H7N3/c1-4-3-6-5-2/h3H,1-2H3. The van der Waals surface area contributed by atoms with Gasteiger partial charge in [0.25, 0.3) is 0 Å². The first-order valence-corrected chi connectivity index (χ1v) is 1.61. The fourth-order valence-electron chi connectivity index (χ4n) is 0.103. The molecule has 0 aliphatic heterocycles. The molecule has 0 unspecified atom stereocenters. The maximum absolute atomic E-state index is 3.54. The minimum Gasteiger partial charge on any atom is -0.275 e. The molecule has 0 atom stereocenters. The highest BCUT2D eigenvalue weighted by molar-refractivity contribution is 5.53. The van der Waals surface area contributed by atoms with Crippen LogP contribution in [-0.4, -0.2) is 20.4 Å². The summed E-state index contributed by atoms with van der Waals surface area (Å²) in [6.07, 6.45) is 1.39. The molecule has 0 aromatic carbocycles. The molecule has 3 nitrogen and oxygen atoms in total. The molecule has 3 heteroatoms. The molecular formula is C3H7N3. The smallest absolute Gasteiger partial charge is 0.132 e. The van der Waals surface area contributed by atoms with E-state index in [-0.39, 0.29) is 0 Å². The minimum atomic E-state index is 1.39. The van der Waals surface area contributed by atoms with E-state index in [2.05, 4.69) is 15.2 Å². The van der Waals surface area contributed by atoms with E-state index in [1.165, 1.54) is 6.34 Å². The molecule has 0 aliphatic rings. The lowest BCUT2D eigenvalue weighted by Crippen LogP contribution is -1.57. The summed E-state index contributed by atoms with van der Waals surface area (Å²) in [6.45, 7) is 0. The molecule has 0 spiro atoms. The molecule has 0 aromatic rings. The molecule has 0 fully saturated rings. The second kappa shape index (κ2) is 4.27. The van der Waals surface area contributed by atoms with Crippen LogP contribution in [0.1, 0.15) is 0 Å². The predicted molar refractivity (Wildman–Crippen MR) is 25.2 cm³/mol. The van der Waals surface area contributed by atoms with Gasteiger partial charge in [0, 0.05) is 14.1 Å². The fraction of sp³-hybridized carbons (Fsp3) is 0.667. The summed E-state index contributed by atoms with van der Waals surface area (Å²) in [4.78, 5) is 3.54. The predicted octanol–water partition coefficient (Wildman–Crippen LogP) is 0.727. The molecule has 0 amide bonds. The summed E-state index contributed by atoms with van der Waals surface area (Å²) in [5.74, 6) is 0. The van der Waals surface area contributed by atoms with Gasteiger partial charge in [0.05, 0.1) is 0 Å². The normalized spacial score (nSPS) is 11.7. The van der Waals surface area contributed by atoms with E-state index in [1.807, 2.05) is 0 Å². The second-order valence-electron chi connectivity index (χ2n) is 0.689. The monoisotopic (exact) mass is 85.1 g/mol. The lowest BCUT2D eigenvalue weighted by atomic mass is 11.3. The average molecular weight is 85.1 g/mol. The van der Waals surface area contributed by atoms with Crippen LogP contribution in [0.25, 0.3) is 0 Å². The molecular weight excluding hydrogens is 78.1 g/mol. The van der Waals surface area contributed by atoms with Gasteiger partial charge in [0.1, 0.15) is 6.34 Å². The largest absolute Gasteiger partial charge is 0.275 e. The molecule has 34 valence electrons. The summed E-state index contributed by atoms with van der Waals surface area (Å²) in [5, 5.41) is 6.82. The maximum atomic E-state index is 3.54. The van der Waals surface area contributed by atoms with Gasteiger partial charge in [-0.1, -0.05) is 0 Å². The van der Waals surface area contributed by atoms with Crippen molar-refractivity contribution in [3.05, 3.63) is 0 Å². The molecule has 0 heterocycles. The molecule has 0 N–H and O–H groups in total. The van der Waals surface area contributed by atoms with Crippen molar-refractivity contribution in [3.8, 4) is 0 Å². The van der Waals surface area contributed by atoms with Gasteiger partial charge in [-0.25, -0.2) is 0 Å². The van der Waals surface area contributed by atoms with Crippen LogP contribution in [0, 0.1) is 0 Å². The lowest BCUT2D eigenvalue weighted by molar-refractivity contribution is 1.21. The third kappa shape index (κ3) is 3.27. The van der Waals surface area contributed by atoms with Gasteiger partial charge in [-0.2, -0.15) is 5.11 Å². The number of rotatable bonds is 1. The first-order chi connectivity index (χ1) is 2.91. The van der Waals surface area contributed by atoms with E-state index in [0.717, 1.165) is 0 Å². The quantitative estimate of drug-likeness (QED) is 0.256. The lowest BCUT2D eigenvalue weighted by Gasteiger charge is -1.63. The molecule has 6 heavy (non-hydrogen) atoms. The summed E-state index contributed by atoms with van der Waals surface area (Å²) in [6, 6.07) is 0. The summed E-state index contributed by atoms with van der Waals surface area (Å²) < 4.78 is 0. The van der Waals surface area contributed by atoms with Gasteiger partial charge < -0.3 is 0 Å². The Bertz CT molecular complexity index is 54.4. The first kappa shape index (κ1) is 5.27. The number of nitrogens with zero attached hydrogens (tertiary/aromatic N) is 3. The number of hydrogen-bond donors (Lipinski definition) is 0. The Morgan fingerprint density at radius 1 is 1.33 bits per heavy atom. The van der Waals surface area contributed by atoms with Gasteiger partial charge in [0.2, 0.25) is 0 Å². The Balaban J connectivity index is 3.07. The molecule has 0 radical (unpaired) electrons. The zero-order valence-corrected chi connectivity index (χ0v) is 3.92. The van der Waals surface area contributed by atoms with Gasteiger partial charge >= 0.3 is 0 Å². The van der Waals surface area contributed by atoms with Crippen molar-refractivity contribution in [2.75, 3.05) is 14.1 Å². The van der Waals surface area contributed by atoms with Crippen LogP contribution >= 0.6 is 0 Å². The van der Waals surface area contributed by atoms with Crippen LogP contribution in [0.4, 0.5) is 0 Å². The van der Waals surface area contributed by atoms with Crippen molar-refractivity contribution in [1.82, 2.24) is 0 Å². The third-order valence-electron chi connectivity index (χ3n) is 0.283. The van der Waals surface area contributed by atoms with E-state index < -0.39 is 0 Å². The summed E-state index contributed by atoms with van der Waals surface area (Å²) in [5.41, 5.74) is 0. The minimum absolute atomic E-state index is 1.39. The second-order valence-corrected chi connectivity index (χ2v) is 0.689. The highest BCUT2D eigenvalue weighted by Crippen LogP contribution is 1.58. The van der Waals surface area contributed by atoms with Crippen LogP contribution in [0.5, 0.6) is 0 Å². The van der Waals surface area contributed by atoms with Crippen LogP contribution in [0.15, 0.2) is 15.2 Å². The molecule has 0 aromatic heterocycles. The molecule has 0 bridgehead atoms. The van der Waals surface area contributed by atoms with Crippen molar-refractivity contribution < 1.29 is 0 Å². The number of azo groups is 1. The molecule has 0 aliphatic carbocycles. The fourth-order valence-corrected chi connectivity index (χ4v) is 0.103. The van der Waals surface area contributed by atoms with E-state index in [4.69, 9.17) is 0 Å². The third-order valence-corrected chi connectivity index (χ3v) is 0.283. The molecule has 0 rings (SSSR count). The Kier molecular flexibility index (Phi) is 3.75. The van der Waals surface area contributed by atoms with Gasteiger partial charge in [-0.3, -0.25) is 4.99 Å². The van der Waals surface area contributed by atoms with Crippen molar-refractivity contribution in [2.45, 2.75) is 0 Å². The van der Waals surface area contributed by atoms with Crippen molar-refractivity contribution in [2.24, 2.45) is 15.2 Å². The number of aliphatic imine (C=N–C) groups is 1. The van der Waals surface area contributed by atoms with E-state index in [0.29, 0.717) is 0 Å². The Hall–Kier alpha value is -0.730. The van der Waals surface area contributed by atoms with Crippen molar-refractivity contribution in [3.63, 3.8) is 0 Å². The summed E-state index contributed by atoms with van der Waals surface area (Å²) >= 11 is 0. The molecule has 0 saturated heterocycles. The van der Waals surface area contributed by atoms with Gasteiger partial charge in [-0.15, -0.1) is 5.11 Å². The Morgan fingerprint density at radius 3 is 2.17 bits per heavy atom. The van der Waals surface area contributed by atoms with E-state index in [9.17, 15) is 0 Å². The van der Waals surface area contributed by atoms with Gasteiger partial charge in [0.15, 0.2) is 0 Å². The van der Waals surface area contributed by atoms with Crippen molar-refractivity contribution in [1.29, 1.82) is 0 Å². The topological polar surface area (TPSA) is 37.1 Å². The maximum Gasteiger partial charge on any atom is 0.132 e. The van der Waals surface area contributed by atoms with Crippen molar-refractivity contribution >= 4 is 6.34 Å². The highest BCUT2D eigenvalue weighted by atomic mass is 15.1. The van der Waals surface area contributed by atoms with Crippen LogP contribution < -0.4 is 0 Å². The van der Waals surface area contributed by atoms with Crippen LogP contribution in [0.3, 0.4) is 0 Å². The zero-order valence-electron chi connectivity index (χ0n) is 3.92. The summed E-state index contributed by atoms with van der Waals surface area (Å²) in [7, 11) is 3.25. The van der Waals surface area contributed by atoms with Crippen LogP contribution in [0.2, 0.25) is 0 Å². The highest BCUT2D eigenvalue weighted by Gasteiger charge is 1.49. The van der Waals surface area contributed by atoms with Gasteiger partial charge in [-0.05, 0) is 0 Å². The SMILES string of the molecule is CN=CN=NC. The zero-order chi connectivity index (χ0) is 4.83. The van der Waals surface area contributed by atoms with Crippen LogP contribution in [-0.2, 0) is 0 Å². The average Bonchev–Trinajstić information content (AvgIpc) is 1.61. The number of hydrogen-bond acceptors (Lipinski definition) is 2. The van der Waals surface area contributed by atoms with E-state index in [1.54, 1.807) is 14.1 Å². The first-order valence-electron chi connectivity index (χ1n) is 1.61. The van der Waals surface area contributed by atoms with E-state index >= 15 is 0 Å². The Labute approximate surface area is 36.8 Å². The Morgan fingerprint density at radius 2 is 2.00 bits per heavy atom.